The topological polar surface area (TPSA) is 62.3 Å². The van der Waals surface area contributed by atoms with Crippen LogP contribution in [0.5, 0.6) is 5.75 Å². The molecule has 2 aromatic rings. The van der Waals surface area contributed by atoms with Gasteiger partial charge in [0.05, 0.1) is 19.9 Å². The van der Waals surface area contributed by atoms with Crippen LogP contribution in [0.15, 0.2) is 18.3 Å². The fraction of sp³-hybridized carbons (Fsp3) is 0.308. The van der Waals surface area contributed by atoms with E-state index in [1.807, 2.05) is 6.07 Å². The first-order valence-corrected chi connectivity index (χ1v) is 6.09. The molecule has 0 fully saturated rings. The van der Waals surface area contributed by atoms with Crippen LogP contribution < -0.4 is 10.5 Å². The van der Waals surface area contributed by atoms with Crippen molar-refractivity contribution in [3.8, 4) is 16.9 Å². The summed E-state index contributed by atoms with van der Waals surface area (Å²) in [6, 6.07) is 3.60. The third-order valence-corrected chi connectivity index (χ3v) is 3.14. The van der Waals surface area contributed by atoms with Gasteiger partial charge in [-0.05, 0) is 17.7 Å². The van der Waals surface area contributed by atoms with Crippen molar-refractivity contribution in [3.05, 3.63) is 28.9 Å². The van der Waals surface area contributed by atoms with E-state index < -0.39 is 0 Å². The van der Waals surface area contributed by atoms with Gasteiger partial charge in [-0.2, -0.15) is 5.10 Å². The molecule has 5 nitrogen and oxygen atoms in total. The van der Waals surface area contributed by atoms with Gasteiger partial charge in [-0.3, -0.25) is 4.68 Å². The number of aromatic nitrogens is 2. The summed E-state index contributed by atoms with van der Waals surface area (Å²) in [6.07, 6.45) is 1.71. The Morgan fingerprint density at radius 1 is 1.37 bits per heavy atom. The molecule has 1 aromatic carbocycles. The zero-order chi connectivity index (χ0) is 14.0. The van der Waals surface area contributed by atoms with Crippen LogP contribution in [0, 0.1) is 0 Å². The molecule has 1 heterocycles. The number of ether oxygens (including phenoxy) is 2. The van der Waals surface area contributed by atoms with Crippen molar-refractivity contribution >= 4 is 17.4 Å². The van der Waals surface area contributed by atoms with Gasteiger partial charge in [0.2, 0.25) is 0 Å². The SMILES string of the molecule is COCc1cc(Cl)cc(OC)c1-c1cnn(C)c1N. The standard InChI is InChI=1S/C13H16ClN3O2/c1-17-13(15)10(6-16-17)12-8(7-18-2)4-9(14)5-11(12)19-3/h4-6H,7,15H2,1-3H3. The number of hydrogen-bond donors (Lipinski definition) is 1. The highest BCUT2D eigenvalue weighted by atomic mass is 35.5. The third-order valence-electron chi connectivity index (χ3n) is 2.92. The van der Waals surface area contributed by atoms with E-state index >= 15 is 0 Å². The zero-order valence-corrected chi connectivity index (χ0v) is 11.9. The Balaban J connectivity index is 2.68. The Hall–Kier alpha value is -1.72. The van der Waals surface area contributed by atoms with Gasteiger partial charge in [-0.1, -0.05) is 11.6 Å². The summed E-state index contributed by atoms with van der Waals surface area (Å²) in [5, 5.41) is 4.75. The average molecular weight is 282 g/mol. The molecule has 0 amide bonds. The van der Waals surface area contributed by atoms with E-state index in [1.165, 1.54) is 0 Å². The number of hydrogen-bond acceptors (Lipinski definition) is 4. The van der Waals surface area contributed by atoms with Gasteiger partial charge >= 0.3 is 0 Å². The van der Waals surface area contributed by atoms with Crippen molar-refractivity contribution in [2.24, 2.45) is 7.05 Å². The molecule has 1 aromatic heterocycles. The third kappa shape index (κ3) is 2.52. The maximum atomic E-state index is 6.08. The predicted octanol–water partition coefficient (Wildman–Crippen LogP) is 2.48. The molecule has 0 saturated heterocycles. The van der Waals surface area contributed by atoms with Crippen molar-refractivity contribution in [3.63, 3.8) is 0 Å². The van der Waals surface area contributed by atoms with Crippen LogP contribution in [0.25, 0.3) is 11.1 Å². The molecule has 0 aliphatic rings. The summed E-state index contributed by atoms with van der Waals surface area (Å²) in [7, 11) is 5.01. The highest BCUT2D eigenvalue weighted by Crippen LogP contribution is 2.38. The summed E-state index contributed by atoms with van der Waals surface area (Å²) in [5.74, 6) is 1.22. The van der Waals surface area contributed by atoms with E-state index in [9.17, 15) is 0 Å². The molecule has 0 unspecified atom stereocenters. The number of nitrogens with two attached hydrogens (primary N) is 1. The van der Waals surface area contributed by atoms with Crippen molar-refractivity contribution in [2.75, 3.05) is 20.0 Å². The smallest absolute Gasteiger partial charge is 0.129 e. The molecular weight excluding hydrogens is 266 g/mol. The van der Waals surface area contributed by atoms with Gasteiger partial charge in [-0.15, -0.1) is 0 Å². The summed E-state index contributed by atoms with van der Waals surface area (Å²) in [4.78, 5) is 0. The fourth-order valence-corrected chi connectivity index (χ4v) is 2.24. The molecule has 0 spiro atoms. The van der Waals surface area contributed by atoms with Gasteiger partial charge in [-0.25, -0.2) is 0 Å². The van der Waals surface area contributed by atoms with Gasteiger partial charge in [0.25, 0.3) is 0 Å². The van der Waals surface area contributed by atoms with Gasteiger partial charge in [0.15, 0.2) is 0 Å². The Kier molecular flexibility index (Phi) is 3.97. The maximum absolute atomic E-state index is 6.08. The van der Waals surface area contributed by atoms with Gasteiger partial charge < -0.3 is 15.2 Å². The molecule has 0 bridgehead atoms. The van der Waals surface area contributed by atoms with Crippen LogP contribution in [-0.2, 0) is 18.4 Å². The average Bonchev–Trinajstić information content (AvgIpc) is 2.70. The number of halogens is 1. The minimum atomic E-state index is 0.417. The first-order chi connectivity index (χ1) is 9.08. The molecule has 0 aliphatic carbocycles. The first-order valence-electron chi connectivity index (χ1n) is 5.71. The highest BCUT2D eigenvalue weighted by molar-refractivity contribution is 6.31. The number of nitrogens with zero attached hydrogens (tertiary/aromatic N) is 2. The maximum Gasteiger partial charge on any atom is 0.129 e. The van der Waals surface area contributed by atoms with Crippen molar-refractivity contribution in [1.29, 1.82) is 0 Å². The molecular formula is C13H16ClN3O2. The van der Waals surface area contributed by atoms with E-state index in [0.29, 0.717) is 23.2 Å². The second-order valence-electron chi connectivity index (χ2n) is 4.14. The summed E-state index contributed by atoms with van der Waals surface area (Å²) >= 11 is 6.08. The van der Waals surface area contributed by atoms with E-state index in [4.69, 9.17) is 26.8 Å². The largest absolute Gasteiger partial charge is 0.496 e. The molecule has 2 rings (SSSR count). The molecule has 2 N–H and O–H groups in total. The lowest BCUT2D eigenvalue weighted by atomic mass is 10.0. The molecule has 6 heteroatoms. The molecule has 102 valence electrons. The molecule has 0 atom stereocenters. The van der Waals surface area contributed by atoms with E-state index in [0.717, 1.165) is 16.7 Å². The molecule has 0 saturated carbocycles. The molecule has 0 aliphatic heterocycles. The van der Waals surface area contributed by atoms with Crippen LogP contribution in [0.4, 0.5) is 5.82 Å². The first kappa shape index (κ1) is 13.7. The fourth-order valence-electron chi connectivity index (χ4n) is 2.01. The monoisotopic (exact) mass is 281 g/mol. The predicted molar refractivity (Wildman–Crippen MR) is 75.3 cm³/mol. The number of methoxy groups -OCH3 is 2. The van der Waals surface area contributed by atoms with Gasteiger partial charge in [0, 0.05) is 30.3 Å². The Morgan fingerprint density at radius 3 is 2.63 bits per heavy atom. The number of aryl methyl sites for hydroxylation is 1. The second-order valence-corrected chi connectivity index (χ2v) is 4.58. The lowest BCUT2D eigenvalue weighted by Gasteiger charge is -2.14. The van der Waals surface area contributed by atoms with Crippen molar-refractivity contribution in [1.82, 2.24) is 9.78 Å². The summed E-state index contributed by atoms with van der Waals surface area (Å²) in [6.45, 7) is 0.417. The Morgan fingerprint density at radius 2 is 2.11 bits per heavy atom. The summed E-state index contributed by atoms with van der Waals surface area (Å²) in [5.41, 5.74) is 8.61. The van der Waals surface area contributed by atoms with Gasteiger partial charge in [0.1, 0.15) is 11.6 Å². The minimum Gasteiger partial charge on any atom is -0.496 e. The Bertz CT molecular complexity index is 596. The molecule has 19 heavy (non-hydrogen) atoms. The van der Waals surface area contributed by atoms with E-state index in [-0.39, 0.29) is 0 Å². The number of nitrogen functional groups attached to an aromatic ring is 1. The zero-order valence-electron chi connectivity index (χ0n) is 11.1. The quantitative estimate of drug-likeness (QED) is 0.935. The van der Waals surface area contributed by atoms with Crippen LogP contribution in [0.3, 0.4) is 0 Å². The van der Waals surface area contributed by atoms with Crippen LogP contribution in [0.2, 0.25) is 5.02 Å². The van der Waals surface area contributed by atoms with Crippen molar-refractivity contribution in [2.45, 2.75) is 6.61 Å². The lowest BCUT2D eigenvalue weighted by molar-refractivity contribution is 0.185. The van der Waals surface area contributed by atoms with Crippen LogP contribution >= 0.6 is 11.6 Å². The highest BCUT2D eigenvalue weighted by Gasteiger charge is 2.18. The lowest BCUT2D eigenvalue weighted by Crippen LogP contribution is -2.01. The van der Waals surface area contributed by atoms with E-state index in [2.05, 4.69) is 5.10 Å². The second kappa shape index (κ2) is 5.50. The number of benzene rings is 1. The van der Waals surface area contributed by atoms with Crippen LogP contribution in [0.1, 0.15) is 5.56 Å². The Labute approximate surface area is 116 Å². The normalized spacial score (nSPS) is 10.7. The molecule has 0 radical (unpaired) electrons. The minimum absolute atomic E-state index is 0.417. The van der Waals surface area contributed by atoms with Crippen molar-refractivity contribution < 1.29 is 9.47 Å². The summed E-state index contributed by atoms with van der Waals surface area (Å²) < 4.78 is 12.2. The van der Waals surface area contributed by atoms with E-state index in [1.54, 1.807) is 38.2 Å². The van der Waals surface area contributed by atoms with Crippen LogP contribution in [-0.4, -0.2) is 24.0 Å². The number of anilines is 1. The number of rotatable bonds is 4.